The lowest BCUT2D eigenvalue weighted by molar-refractivity contribution is -0.133. The van der Waals surface area contributed by atoms with Gasteiger partial charge in [0.25, 0.3) is 0 Å². The van der Waals surface area contributed by atoms with Gasteiger partial charge in [-0.25, -0.2) is 0 Å². The standard InChI is InChI=1S/C14H31N3O/c1-6-13(15)14(18)17(11-12(4)5)10-9-16(7-2)8-3/h12-13H,6-11,15H2,1-5H3. The number of hydrogen-bond acceptors (Lipinski definition) is 3. The fourth-order valence-electron chi connectivity index (χ4n) is 1.94. The Morgan fingerprint density at radius 3 is 2.06 bits per heavy atom. The van der Waals surface area contributed by atoms with Crippen molar-refractivity contribution in [1.29, 1.82) is 0 Å². The number of likely N-dealkylation sites (N-methyl/N-ethyl adjacent to an activating group) is 1. The second-order valence-electron chi connectivity index (χ2n) is 5.22. The molecule has 0 fully saturated rings. The van der Waals surface area contributed by atoms with Crippen LogP contribution in [-0.4, -0.2) is 54.5 Å². The molecule has 1 amide bonds. The number of carbonyl (C=O) groups excluding carboxylic acids is 1. The van der Waals surface area contributed by atoms with E-state index in [-0.39, 0.29) is 11.9 Å². The molecule has 4 nitrogen and oxygen atoms in total. The summed E-state index contributed by atoms with van der Waals surface area (Å²) in [4.78, 5) is 16.4. The predicted octanol–water partition coefficient (Wildman–Crippen LogP) is 1.55. The van der Waals surface area contributed by atoms with Gasteiger partial charge in [0.15, 0.2) is 0 Å². The van der Waals surface area contributed by atoms with Gasteiger partial charge in [-0.3, -0.25) is 4.79 Å². The molecule has 1 atom stereocenters. The van der Waals surface area contributed by atoms with Gasteiger partial charge in [0.05, 0.1) is 6.04 Å². The van der Waals surface area contributed by atoms with Crippen molar-refractivity contribution in [2.75, 3.05) is 32.7 Å². The topological polar surface area (TPSA) is 49.6 Å². The van der Waals surface area contributed by atoms with E-state index in [4.69, 9.17) is 5.73 Å². The van der Waals surface area contributed by atoms with Crippen LogP contribution in [0.3, 0.4) is 0 Å². The molecular weight excluding hydrogens is 226 g/mol. The summed E-state index contributed by atoms with van der Waals surface area (Å²) in [6.45, 7) is 15.1. The zero-order chi connectivity index (χ0) is 14.1. The van der Waals surface area contributed by atoms with Crippen LogP contribution in [0, 0.1) is 5.92 Å². The lowest BCUT2D eigenvalue weighted by Gasteiger charge is -2.29. The fraction of sp³-hybridized carbons (Fsp3) is 0.929. The summed E-state index contributed by atoms with van der Waals surface area (Å²) in [5, 5.41) is 0. The van der Waals surface area contributed by atoms with Crippen LogP contribution in [0.4, 0.5) is 0 Å². The first kappa shape index (κ1) is 17.4. The molecule has 1 unspecified atom stereocenters. The monoisotopic (exact) mass is 257 g/mol. The van der Waals surface area contributed by atoms with Crippen LogP contribution in [-0.2, 0) is 4.79 Å². The second kappa shape index (κ2) is 9.34. The number of rotatable bonds is 9. The van der Waals surface area contributed by atoms with Crippen molar-refractivity contribution in [2.24, 2.45) is 11.7 Å². The zero-order valence-electron chi connectivity index (χ0n) is 12.8. The highest BCUT2D eigenvalue weighted by Gasteiger charge is 2.20. The van der Waals surface area contributed by atoms with E-state index in [9.17, 15) is 4.79 Å². The minimum atomic E-state index is -0.347. The Hall–Kier alpha value is -0.610. The Bertz CT molecular complexity index is 227. The van der Waals surface area contributed by atoms with Gasteiger partial charge in [-0.2, -0.15) is 0 Å². The Balaban J connectivity index is 4.44. The minimum absolute atomic E-state index is 0.0957. The van der Waals surface area contributed by atoms with Crippen LogP contribution in [0.5, 0.6) is 0 Å². The first-order chi connectivity index (χ1) is 8.46. The molecule has 0 aromatic rings. The van der Waals surface area contributed by atoms with E-state index < -0.39 is 0 Å². The molecule has 0 aliphatic rings. The molecule has 0 rings (SSSR count). The van der Waals surface area contributed by atoms with E-state index >= 15 is 0 Å². The molecule has 0 saturated heterocycles. The van der Waals surface area contributed by atoms with Gasteiger partial charge in [-0.05, 0) is 25.4 Å². The molecule has 0 heterocycles. The van der Waals surface area contributed by atoms with Crippen molar-refractivity contribution in [3.05, 3.63) is 0 Å². The number of carbonyl (C=O) groups is 1. The average Bonchev–Trinajstić information content (AvgIpc) is 2.36. The maximum Gasteiger partial charge on any atom is 0.239 e. The third-order valence-electron chi connectivity index (χ3n) is 3.23. The van der Waals surface area contributed by atoms with E-state index in [0.717, 1.165) is 32.7 Å². The Labute approximate surface area is 113 Å². The van der Waals surface area contributed by atoms with Crippen molar-refractivity contribution in [1.82, 2.24) is 9.80 Å². The van der Waals surface area contributed by atoms with Crippen LogP contribution >= 0.6 is 0 Å². The highest BCUT2D eigenvalue weighted by Crippen LogP contribution is 2.03. The molecular formula is C14H31N3O. The van der Waals surface area contributed by atoms with Gasteiger partial charge in [-0.1, -0.05) is 34.6 Å². The molecule has 0 aromatic heterocycles. The van der Waals surface area contributed by atoms with Gasteiger partial charge in [-0.15, -0.1) is 0 Å². The predicted molar refractivity (Wildman–Crippen MR) is 77.5 cm³/mol. The lowest BCUT2D eigenvalue weighted by atomic mass is 10.1. The lowest BCUT2D eigenvalue weighted by Crippen LogP contribution is -2.47. The van der Waals surface area contributed by atoms with Gasteiger partial charge >= 0.3 is 0 Å². The molecule has 0 spiro atoms. The zero-order valence-corrected chi connectivity index (χ0v) is 12.8. The highest BCUT2D eigenvalue weighted by atomic mass is 16.2. The van der Waals surface area contributed by atoms with Gasteiger partial charge in [0.1, 0.15) is 0 Å². The van der Waals surface area contributed by atoms with Crippen molar-refractivity contribution < 1.29 is 4.79 Å². The van der Waals surface area contributed by atoms with Gasteiger partial charge in [0, 0.05) is 19.6 Å². The maximum atomic E-state index is 12.2. The van der Waals surface area contributed by atoms with Gasteiger partial charge < -0.3 is 15.5 Å². The highest BCUT2D eigenvalue weighted by molar-refractivity contribution is 5.81. The summed E-state index contributed by atoms with van der Waals surface area (Å²) >= 11 is 0. The molecule has 2 N–H and O–H groups in total. The van der Waals surface area contributed by atoms with E-state index in [1.165, 1.54) is 0 Å². The second-order valence-corrected chi connectivity index (χ2v) is 5.22. The van der Waals surface area contributed by atoms with Crippen molar-refractivity contribution >= 4 is 5.91 Å². The molecule has 0 radical (unpaired) electrons. The summed E-state index contributed by atoms with van der Waals surface area (Å²) in [7, 11) is 0. The smallest absolute Gasteiger partial charge is 0.239 e. The van der Waals surface area contributed by atoms with Crippen LogP contribution in [0.2, 0.25) is 0 Å². The number of nitrogens with zero attached hydrogens (tertiary/aromatic N) is 2. The van der Waals surface area contributed by atoms with Crippen LogP contribution in [0.15, 0.2) is 0 Å². The third-order valence-corrected chi connectivity index (χ3v) is 3.23. The molecule has 4 heteroatoms. The van der Waals surface area contributed by atoms with Crippen LogP contribution in [0.1, 0.15) is 41.0 Å². The van der Waals surface area contributed by atoms with E-state index in [1.807, 2.05) is 11.8 Å². The summed E-state index contributed by atoms with van der Waals surface area (Å²) in [6, 6.07) is -0.347. The summed E-state index contributed by atoms with van der Waals surface area (Å²) in [5.41, 5.74) is 5.86. The van der Waals surface area contributed by atoms with E-state index in [1.54, 1.807) is 0 Å². The van der Waals surface area contributed by atoms with Crippen molar-refractivity contribution in [3.63, 3.8) is 0 Å². The van der Waals surface area contributed by atoms with Crippen molar-refractivity contribution in [2.45, 2.75) is 47.1 Å². The molecule has 18 heavy (non-hydrogen) atoms. The SMILES string of the molecule is CCC(N)C(=O)N(CCN(CC)CC)CC(C)C. The quantitative estimate of drug-likeness (QED) is 0.682. The Morgan fingerprint density at radius 2 is 1.67 bits per heavy atom. The van der Waals surface area contributed by atoms with Crippen molar-refractivity contribution in [3.8, 4) is 0 Å². The summed E-state index contributed by atoms with van der Waals surface area (Å²) in [6.07, 6.45) is 0.707. The Kier molecular flexibility index (Phi) is 9.02. The molecule has 0 aromatic carbocycles. The normalized spacial score (nSPS) is 13.1. The van der Waals surface area contributed by atoms with Crippen LogP contribution < -0.4 is 5.73 Å². The van der Waals surface area contributed by atoms with E-state index in [2.05, 4.69) is 32.6 Å². The van der Waals surface area contributed by atoms with Gasteiger partial charge in [0.2, 0.25) is 5.91 Å². The molecule has 0 aliphatic carbocycles. The first-order valence-corrected chi connectivity index (χ1v) is 7.22. The third kappa shape index (κ3) is 6.36. The Morgan fingerprint density at radius 1 is 1.11 bits per heavy atom. The molecule has 0 saturated carbocycles. The molecule has 0 bridgehead atoms. The number of nitrogens with two attached hydrogens (primary N) is 1. The largest absolute Gasteiger partial charge is 0.340 e. The van der Waals surface area contributed by atoms with E-state index in [0.29, 0.717) is 12.3 Å². The molecule has 0 aliphatic heterocycles. The first-order valence-electron chi connectivity index (χ1n) is 7.22. The average molecular weight is 257 g/mol. The number of amides is 1. The fourth-order valence-corrected chi connectivity index (χ4v) is 1.94. The van der Waals surface area contributed by atoms with Crippen LogP contribution in [0.25, 0.3) is 0 Å². The summed E-state index contributed by atoms with van der Waals surface area (Å²) < 4.78 is 0. The minimum Gasteiger partial charge on any atom is -0.340 e. The number of hydrogen-bond donors (Lipinski definition) is 1. The molecule has 108 valence electrons. The maximum absolute atomic E-state index is 12.2. The summed E-state index contributed by atoms with van der Waals surface area (Å²) in [5.74, 6) is 0.577.